The number of nitro benzene ring substituents is 1. The van der Waals surface area contributed by atoms with Crippen LogP contribution in [0.1, 0.15) is 25.1 Å². The number of benzene rings is 2. The molecule has 150 valence electrons. The molecule has 0 N–H and O–H groups in total. The molecule has 0 aliphatic carbocycles. The standard InChI is InChI=1S/C20H18ClN3O4S/c1-3-14-6-4-5-7-17(14)23(13(2)25)20-22-16(12-29-20)11-28-19-9-8-15(21)10-18(19)24(26)27/h4-10,12H,3,11H2,1-2H3. The molecule has 1 aromatic heterocycles. The Morgan fingerprint density at radius 2 is 2.07 bits per heavy atom. The van der Waals surface area contributed by atoms with Crippen molar-refractivity contribution >= 4 is 45.4 Å². The Labute approximate surface area is 176 Å². The summed E-state index contributed by atoms with van der Waals surface area (Å²) in [6.07, 6.45) is 0.779. The number of halogens is 1. The Balaban J connectivity index is 1.83. The Morgan fingerprint density at radius 1 is 1.31 bits per heavy atom. The van der Waals surface area contributed by atoms with Crippen molar-refractivity contribution in [3.8, 4) is 5.75 Å². The third-order valence-corrected chi connectivity index (χ3v) is 5.26. The summed E-state index contributed by atoms with van der Waals surface area (Å²) in [7, 11) is 0. The summed E-state index contributed by atoms with van der Waals surface area (Å²) >= 11 is 7.13. The van der Waals surface area contributed by atoms with Gasteiger partial charge in [-0.05, 0) is 30.2 Å². The second kappa shape index (κ2) is 9.02. The predicted octanol–water partition coefficient (Wildman–Crippen LogP) is 5.53. The number of rotatable bonds is 7. The molecule has 0 saturated heterocycles. The molecule has 1 amide bonds. The van der Waals surface area contributed by atoms with Gasteiger partial charge in [-0.1, -0.05) is 36.7 Å². The van der Waals surface area contributed by atoms with Crippen LogP contribution in [0, 0.1) is 10.1 Å². The average Bonchev–Trinajstić information content (AvgIpc) is 3.15. The molecule has 9 heteroatoms. The fourth-order valence-electron chi connectivity index (χ4n) is 2.81. The van der Waals surface area contributed by atoms with E-state index in [0.29, 0.717) is 10.8 Å². The summed E-state index contributed by atoms with van der Waals surface area (Å²) in [4.78, 5) is 29.0. The van der Waals surface area contributed by atoms with Crippen molar-refractivity contribution in [3.63, 3.8) is 0 Å². The smallest absolute Gasteiger partial charge is 0.312 e. The number of ether oxygens (including phenoxy) is 1. The van der Waals surface area contributed by atoms with Crippen LogP contribution in [-0.2, 0) is 17.8 Å². The van der Waals surface area contributed by atoms with Gasteiger partial charge in [-0.15, -0.1) is 11.3 Å². The quantitative estimate of drug-likeness (QED) is 0.362. The van der Waals surface area contributed by atoms with Crippen LogP contribution in [0.5, 0.6) is 5.75 Å². The molecule has 3 rings (SSSR count). The van der Waals surface area contributed by atoms with Crippen LogP contribution in [0.25, 0.3) is 0 Å². The number of amides is 1. The van der Waals surface area contributed by atoms with E-state index in [2.05, 4.69) is 4.98 Å². The molecule has 3 aromatic rings. The van der Waals surface area contributed by atoms with E-state index in [1.165, 1.54) is 36.5 Å². The molecule has 0 saturated carbocycles. The minimum atomic E-state index is -0.549. The minimum Gasteiger partial charge on any atom is -0.480 e. The highest BCUT2D eigenvalue weighted by molar-refractivity contribution is 7.14. The van der Waals surface area contributed by atoms with E-state index in [4.69, 9.17) is 16.3 Å². The number of anilines is 2. The number of thiazole rings is 1. The Bertz CT molecular complexity index is 1050. The number of para-hydroxylation sites is 1. The summed E-state index contributed by atoms with van der Waals surface area (Å²) in [5, 5.41) is 13.7. The van der Waals surface area contributed by atoms with Gasteiger partial charge in [0, 0.05) is 23.4 Å². The average molecular weight is 432 g/mol. The molecule has 7 nitrogen and oxygen atoms in total. The molecule has 0 bridgehead atoms. The van der Waals surface area contributed by atoms with Gasteiger partial charge in [0.25, 0.3) is 0 Å². The van der Waals surface area contributed by atoms with E-state index >= 15 is 0 Å². The number of aromatic nitrogens is 1. The third-order valence-electron chi connectivity index (χ3n) is 4.15. The van der Waals surface area contributed by atoms with Crippen molar-refractivity contribution in [2.75, 3.05) is 4.90 Å². The van der Waals surface area contributed by atoms with E-state index in [-0.39, 0.29) is 29.0 Å². The largest absolute Gasteiger partial charge is 0.480 e. The number of nitro groups is 1. The van der Waals surface area contributed by atoms with Gasteiger partial charge in [0.2, 0.25) is 5.91 Å². The molecule has 0 atom stereocenters. The van der Waals surface area contributed by atoms with Crippen molar-refractivity contribution in [1.29, 1.82) is 0 Å². The zero-order valence-electron chi connectivity index (χ0n) is 15.8. The minimum absolute atomic E-state index is 0.0279. The van der Waals surface area contributed by atoms with Crippen molar-refractivity contribution in [2.45, 2.75) is 26.9 Å². The summed E-state index contributed by atoms with van der Waals surface area (Å²) in [5.74, 6) is -0.0465. The summed E-state index contributed by atoms with van der Waals surface area (Å²) in [6, 6.07) is 11.9. The molecule has 0 fully saturated rings. The molecule has 0 unspecified atom stereocenters. The molecule has 2 aromatic carbocycles. The van der Waals surface area contributed by atoms with Crippen molar-refractivity contribution < 1.29 is 14.5 Å². The monoisotopic (exact) mass is 431 g/mol. The van der Waals surface area contributed by atoms with Gasteiger partial charge in [0.15, 0.2) is 10.9 Å². The Morgan fingerprint density at radius 3 is 2.76 bits per heavy atom. The number of hydrogen-bond donors (Lipinski definition) is 0. The predicted molar refractivity (Wildman–Crippen MR) is 113 cm³/mol. The highest BCUT2D eigenvalue weighted by Crippen LogP contribution is 2.33. The summed E-state index contributed by atoms with van der Waals surface area (Å²) in [6.45, 7) is 3.54. The van der Waals surface area contributed by atoms with Crippen LogP contribution in [0.2, 0.25) is 5.02 Å². The maximum absolute atomic E-state index is 12.3. The van der Waals surface area contributed by atoms with Crippen molar-refractivity contribution in [2.24, 2.45) is 0 Å². The SMILES string of the molecule is CCc1ccccc1N(C(C)=O)c1nc(COc2ccc(Cl)cc2[N+](=O)[O-])cs1. The van der Waals surface area contributed by atoms with E-state index in [9.17, 15) is 14.9 Å². The van der Waals surface area contributed by atoms with E-state index in [0.717, 1.165) is 17.7 Å². The zero-order chi connectivity index (χ0) is 21.0. The first-order chi connectivity index (χ1) is 13.9. The van der Waals surface area contributed by atoms with E-state index < -0.39 is 4.92 Å². The molecule has 29 heavy (non-hydrogen) atoms. The van der Waals surface area contributed by atoms with Crippen LogP contribution in [0.4, 0.5) is 16.5 Å². The van der Waals surface area contributed by atoms with Crippen LogP contribution < -0.4 is 9.64 Å². The maximum Gasteiger partial charge on any atom is 0.312 e. The normalized spacial score (nSPS) is 10.6. The van der Waals surface area contributed by atoms with Crippen LogP contribution in [0.3, 0.4) is 0 Å². The molecule has 1 heterocycles. The van der Waals surface area contributed by atoms with Crippen molar-refractivity contribution in [1.82, 2.24) is 4.98 Å². The lowest BCUT2D eigenvalue weighted by atomic mass is 10.1. The van der Waals surface area contributed by atoms with E-state index in [1.54, 1.807) is 10.3 Å². The van der Waals surface area contributed by atoms with Crippen LogP contribution in [0.15, 0.2) is 47.8 Å². The highest BCUT2D eigenvalue weighted by Gasteiger charge is 2.21. The topological polar surface area (TPSA) is 85.6 Å². The van der Waals surface area contributed by atoms with Crippen molar-refractivity contribution in [3.05, 3.63) is 74.2 Å². The number of aryl methyl sites for hydroxylation is 1. The number of carbonyl (C=O) groups excluding carboxylic acids is 1. The van der Waals surface area contributed by atoms with E-state index in [1.807, 2.05) is 31.2 Å². The lowest BCUT2D eigenvalue weighted by Gasteiger charge is -2.20. The lowest BCUT2D eigenvalue weighted by molar-refractivity contribution is -0.385. The maximum atomic E-state index is 12.3. The molecule has 0 aliphatic rings. The van der Waals surface area contributed by atoms with Gasteiger partial charge in [0.1, 0.15) is 6.61 Å². The number of nitrogens with zero attached hydrogens (tertiary/aromatic N) is 3. The molecular weight excluding hydrogens is 414 g/mol. The molecule has 0 aliphatic heterocycles. The Kier molecular flexibility index (Phi) is 6.46. The third kappa shape index (κ3) is 4.72. The zero-order valence-corrected chi connectivity index (χ0v) is 17.4. The second-order valence-electron chi connectivity index (χ2n) is 6.12. The summed E-state index contributed by atoms with van der Waals surface area (Å²) < 4.78 is 5.58. The van der Waals surface area contributed by atoms with Gasteiger partial charge in [-0.25, -0.2) is 4.98 Å². The first-order valence-corrected chi connectivity index (χ1v) is 10.1. The van der Waals surface area contributed by atoms with Gasteiger partial charge in [0.05, 0.1) is 16.3 Å². The lowest BCUT2D eigenvalue weighted by Crippen LogP contribution is -2.23. The van der Waals surface area contributed by atoms with Gasteiger partial charge in [-0.2, -0.15) is 0 Å². The van der Waals surface area contributed by atoms with Gasteiger partial charge in [-0.3, -0.25) is 19.8 Å². The van der Waals surface area contributed by atoms with Gasteiger partial charge >= 0.3 is 5.69 Å². The molecule has 0 radical (unpaired) electrons. The molecule has 0 spiro atoms. The Hall–Kier alpha value is -2.97. The number of hydrogen-bond acceptors (Lipinski definition) is 6. The second-order valence-corrected chi connectivity index (χ2v) is 7.39. The number of carbonyl (C=O) groups is 1. The first-order valence-electron chi connectivity index (χ1n) is 8.80. The summed E-state index contributed by atoms with van der Waals surface area (Å²) in [5.41, 5.74) is 2.18. The molecular formula is C20H18ClN3O4S. The highest BCUT2D eigenvalue weighted by atomic mass is 35.5. The van der Waals surface area contributed by atoms with Crippen LogP contribution in [-0.4, -0.2) is 15.8 Å². The fraction of sp³-hybridized carbons (Fsp3) is 0.200. The fourth-order valence-corrected chi connectivity index (χ4v) is 3.84. The first kappa shape index (κ1) is 20.8. The van der Waals surface area contributed by atoms with Gasteiger partial charge < -0.3 is 4.74 Å². The van der Waals surface area contributed by atoms with Crippen LogP contribution >= 0.6 is 22.9 Å².